The molecule has 0 atom stereocenters. The van der Waals surface area contributed by atoms with Crippen LogP contribution >= 0.6 is 0 Å². The number of ether oxygens (including phenoxy) is 1. The Morgan fingerprint density at radius 1 is 1.00 bits per heavy atom. The molecule has 1 N–H and O–H groups in total. The highest BCUT2D eigenvalue weighted by Gasteiger charge is 2.21. The lowest BCUT2D eigenvalue weighted by molar-refractivity contribution is -0.131. The molecule has 1 aliphatic rings. The summed E-state index contributed by atoms with van der Waals surface area (Å²) in [5.74, 6) is 1.06. The molecule has 0 saturated carbocycles. The average molecular weight is 501 g/mol. The number of hydrogen-bond donors (Lipinski definition) is 1. The predicted octanol–water partition coefficient (Wildman–Crippen LogP) is 5.02. The van der Waals surface area contributed by atoms with Gasteiger partial charge in [-0.3, -0.25) is 9.69 Å². The van der Waals surface area contributed by atoms with Gasteiger partial charge >= 0.3 is 6.03 Å². The number of unbranched alkanes of at least 4 members (excludes halogenated alkanes) is 5. The van der Waals surface area contributed by atoms with Crippen LogP contribution in [0.15, 0.2) is 30.3 Å². The van der Waals surface area contributed by atoms with Crippen molar-refractivity contribution >= 4 is 18.0 Å². The molecule has 1 saturated heterocycles. The van der Waals surface area contributed by atoms with Gasteiger partial charge in [-0.1, -0.05) is 76.3 Å². The Morgan fingerprint density at radius 2 is 1.72 bits per heavy atom. The van der Waals surface area contributed by atoms with E-state index in [9.17, 15) is 9.59 Å². The van der Waals surface area contributed by atoms with Gasteiger partial charge in [-0.15, -0.1) is 0 Å². The molecule has 2 rings (SSSR count). The van der Waals surface area contributed by atoms with Crippen molar-refractivity contribution in [1.29, 1.82) is 0 Å². The zero-order valence-electron chi connectivity index (χ0n) is 22.8. The molecule has 1 aromatic rings. The quantitative estimate of drug-likeness (QED) is 0.324. The van der Waals surface area contributed by atoms with Crippen molar-refractivity contribution in [3.05, 3.63) is 35.9 Å². The van der Waals surface area contributed by atoms with Crippen LogP contribution in [0.4, 0.5) is 4.79 Å². The third kappa shape index (κ3) is 11.0. The first-order chi connectivity index (χ1) is 17.6. The van der Waals surface area contributed by atoms with E-state index in [-0.39, 0.29) is 11.9 Å². The monoisotopic (exact) mass is 500 g/mol. The Kier molecular flexibility index (Phi) is 14.7. The SMILES string of the molecule is CCCCCCCC(=O)N(CC=Cc1ccccc1OC)CCN1CCN(C(=O)NCCCC)CC1. The van der Waals surface area contributed by atoms with E-state index in [1.54, 1.807) is 7.11 Å². The van der Waals surface area contributed by atoms with Crippen molar-refractivity contribution in [3.63, 3.8) is 0 Å². The second-order valence-electron chi connectivity index (χ2n) is 9.56. The number of carbonyl (C=O) groups is 2. The van der Waals surface area contributed by atoms with E-state index in [0.717, 1.165) is 76.3 Å². The van der Waals surface area contributed by atoms with Crippen LogP contribution in [0, 0.1) is 0 Å². The summed E-state index contributed by atoms with van der Waals surface area (Å²) < 4.78 is 5.44. The van der Waals surface area contributed by atoms with Gasteiger partial charge in [0.2, 0.25) is 5.91 Å². The van der Waals surface area contributed by atoms with E-state index in [1.165, 1.54) is 19.3 Å². The number of urea groups is 1. The Hall–Kier alpha value is -2.54. The maximum atomic E-state index is 13.1. The van der Waals surface area contributed by atoms with Crippen molar-refractivity contribution in [1.82, 2.24) is 20.0 Å². The van der Waals surface area contributed by atoms with E-state index in [4.69, 9.17) is 4.74 Å². The third-order valence-electron chi connectivity index (χ3n) is 6.76. The van der Waals surface area contributed by atoms with Gasteiger partial charge in [0.25, 0.3) is 0 Å². The number of piperazine rings is 1. The van der Waals surface area contributed by atoms with E-state index >= 15 is 0 Å². The van der Waals surface area contributed by atoms with E-state index in [0.29, 0.717) is 19.5 Å². The molecule has 0 spiro atoms. The largest absolute Gasteiger partial charge is 0.496 e. The van der Waals surface area contributed by atoms with Crippen molar-refractivity contribution in [2.45, 2.75) is 65.2 Å². The molecule has 7 nitrogen and oxygen atoms in total. The molecule has 1 aromatic carbocycles. The molecule has 36 heavy (non-hydrogen) atoms. The molecule has 0 bridgehead atoms. The van der Waals surface area contributed by atoms with Crippen molar-refractivity contribution in [3.8, 4) is 5.75 Å². The minimum Gasteiger partial charge on any atom is -0.496 e. The number of methoxy groups -OCH3 is 1. The Labute approximate surface area is 218 Å². The third-order valence-corrected chi connectivity index (χ3v) is 6.76. The summed E-state index contributed by atoms with van der Waals surface area (Å²) in [6.07, 6.45) is 12.5. The van der Waals surface area contributed by atoms with Crippen LogP contribution in [0.2, 0.25) is 0 Å². The average Bonchev–Trinajstić information content (AvgIpc) is 2.91. The number of hydrogen-bond acceptors (Lipinski definition) is 4. The molecule has 1 fully saturated rings. The molecule has 0 radical (unpaired) electrons. The Bertz CT molecular complexity index is 790. The van der Waals surface area contributed by atoms with Crippen LogP contribution in [0.1, 0.15) is 70.8 Å². The van der Waals surface area contributed by atoms with Crippen molar-refractivity contribution in [2.24, 2.45) is 0 Å². The number of nitrogens with one attached hydrogen (secondary N) is 1. The molecule has 1 aliphatic heterocycles. The highest BCUT2D eigenvalue weighted by Crippen LogP contribution is 2.18. The summed E-state index contributed by atoms with van der Waals surface area (Å²) in [6.45, 7) is 10.4. The molecule has 3 amide bonds. The van der Waals surface area contributed by atoms with Gasteiger partial charge in [-0.05, 0) is 18.9 Å². The zero-order valence-corrected chi connectivity index (χ0v) is 22.8. The molecular formula is C29H48N4O3. The van der Waals surface area contributed by atoms with Gasteiger partial charge in [0.15, 0.2) is 0 Å². The summed E-state index contributed by atoms with van der Waals surface area (Å²) >= 11 is 0. The number of nitrogens with zero attached hydrogens (tertiary/aromatic N) is 3. The lowest BCUT2D eigenvalue weighted by Crippen LogP contribution is -2.53. The molecule has 0 unspecified atom stereocenters. The smallest absolute Gasteiger partial charge is 0.317 e. The second kappa shape index (κ2) is 17.8. The van der Waals surface area contributed by atoms with Gasteiger partial charge in [0.1, 0.15) is 5.75 Å². The molecule has 202 valence electrons. The minimum absolute atomic E-state index is 0.0458. The number of amides is 3. The summed E-state index contributed by atoms with van der Waals surface area (Å²) in [5.41, 5.74) is 1.01. The normalized spacial score (nSPS) is 14.2. The highest BCUT2D eigenvalue weighted by molar-refractivity contribution is 5.76. The van der Waals surface area contributed by atoms with Crippen molar-refractivity contribution in [2.75, 3.05) is 59.5 Å². The lowest BCUT2D eigenvalue weighted by Gasteiger charge is -2.35. The topological polar surface area (TPSA) is 65.1 Å². The van der Waals surface area contributed by atoms with Crippen LogP contribution in [0.25, 0.3) is 6.08 Å². The standard InChI is InChI=1S/C29H48N4O3/c1-4-6-8-9-10-17-28(34)32(19-13-15-26-14-11-12-16-27(26)36-3)23-20-31-21-24-33(25-22-31)29(35)30-18-7-5-2/h11-16H,4-10,17-25H2,1-3H3,(H,30,35). The van der Waals surface area contributed by atoms with E-state index in [1.807, 2.05) is 40.1 Å². The van der Waals surface area contributed by atoms with E-state index < -0.39 is 0 Å². The van der Waals surface area contributed by atoms with Gasteiger partial charge in [-0.2, -0.15) is 0 Å². The molecule has 0 aliphatic carbocycles. The summed E-state index contributed by atoms with van der Waals surface area (Å²) in [5, 5.41) is 3.01. The van der Waals surface area contributed by atoms with Crippen molar-refractivity contribution < 1.29 is 14.3 Å². The lowest BCUT2D eigenvalue weighted by atomic mass is 10.1. The first-order valence-corrected chi connectivity index (χ1v) is 13.9. The molecule has 1 heterocycles. The van der Waals surface area contributed by atoms with Gasteiger partial charge in [-0.25, -0.2) is 4.79 Å². The molecular weight excluding hydrogens is 452 g/mol. The summed E-state index contributed by atoms with van der Waals surface area (Å²) in [7, 11) is 1.68. The van der Waals surface area contributed by atoms with Gasteiger partial charge in [0.05, 0.1) is 7.11 Å². The second-order valence-corrected chi connectivity index (χ2v) is 9.56. The minimum atomic E-state index is 0.0458. The maximum Gasteiger partial charge on any atom is 0.317 e. The first kappa shape index (κ1) is 29.7. The van der Waals surface area contributed by atoms with E-state index in [2.05, 4.69) is 30.1 Å². The van der Waals surface area contributed by atoms with Gasteiger partial charge in [0, 0.05) is 64.3 Å². The zero-order chi connectivity index (χ0) is 26.0. The summed E-state index contributed by atoms with van der Waals surface area (Å²) in [6, 6.07) is 7.96. The number of rotatable bonds is 16. The first-order valence-electron chi connectivity index (χ1n) is 13.9. The molecule has 7 heteroatoms. The van der Waals surface area contributed by atoms with Gasteiger partial charge < -0.3 is 19.9 Å². The fraction of sp³-hybridized carbons (Fsp3) is 0.655. The highest BCUT2D eigenvalue weighted by atomic mass is 16.5. The van der Waals surface area contributed by atoms with Crippen LogP contribution in [-0.2, 0) is 4.79 Å². The fourth-order valence-corrected chi connectivity index (χ4v) is 4.39. The number of benzene rings is 1. The number of para-hydroxylation sites is 1. The van der Waals surface area contributed by atoms with Crippen LogP contribution in [0.5, 0.6) is 5.75 Å². The van der Waals surface area contributed by atoms with Crippen LogP contribution in [0.3, 0.4) is 0 Å². The maximum absolute atomic E-state index is 13.1. The molecule has 0 aromatic heterocycles. The Morgan fingerprint density at radius 3 is 2.44 bits per heavy atom. The van der Waals surface area contributed by atoms with Crippen LogP contribution in [-0.4, -0.2) is 86.1 Å². The number of carbonyl (C=O) groups excluding carboxylic acids is 2. The summed E-state index contributed by atoms with van der Waals surface area (Å²) in [4.78, 5) is 31.6. The van der Waals surface area contributed by atoms with Crippen LogP contribution < -0.4 is 10.1 Å². The predicted molar refractivity (Wildman–Crippen MR) is 148 cm³/mol. The Balaban J connectivity index is 1.86. The fourth-order valence-electron chi connectivity index (χ4n) is 4.39.